The SMILES string of the molecule is COc1ccc(-c2nc3c(s2)C(O)CC(C)(C)C3)cc1C. The number of aryl methyl sites for hydroxylation is 1. The average molecular weight is 303 g/mol. The van der Waals surface area contributed by atoms with Crippen molar-refractivity contribution in [3.05, 3.63) is 34.3 Å². The van der Waals surface area contributed by atoms with Crippen LogP contribution in [0.15, 0.2) is 18.2 Å². The summed E-state index contributed by atoms with van der Waals surface area (Å²) in [6.07, 6.45) is 1.36. The van der Waals surface area contributed by atoms with Crippen molar-refractivity contribution in [3.63, 3.8) is 0 Å². The van der Waals surface area contributed by atoms with Crippen LogP contribution in [0.1, 0.15) is 42.5 Å². The highest BCUT2D eigenvalue weighted by Crippen LogP contribution is 2.44. The summed E-state index contributed by atoms with van der Waals surface area (Å²) in [4.78, 5) is 5.82. The number of nitrogens with zero attached hydrogens (tertiary/aromatic N) is 1. The summed E-state index contributed by atoms with van der Waals surface area (Å²) in [7, 11) is 1.68. The molecule has 3 nitrogen and oxygen atoms in total. The summed E-state index contributed by atoms with van der Waals surface area (Å²) in [5.41, 5.74) is 3.38. The zero-order valence-corrected chi connectivity index (χ0v) is 13.8. The number of hydrogen-bond acceptors (Lipinski definition) is 4. The number of benzene rings is 1. The van der Waals surface area contributed by atoms with Crippen molar-refractivity contribution in [2.24, 2.45) is 5.41 Å². The van der Waals surface area contributed by atoms with E-state index in [2.05, 4.69) is 19.9 Å². The van der Waals surface area contributed by atoms with E-state index in [0.717, 1.165) is 45.3 Å². The number of thiazole rings is 1. The van der Waals surface area contributed by atoms with Gasteiger partial charge in [-0.25, -0.2) is 4.98 Å². The predicted molar refractivity (Wildman–Crippen MR) is 85.9 cm³/mol. The first kappa shape index (κ1) is 14.5. The minimum Gasteiger partial charge on any atom is -0.496 e. The lowest BCUT2D eigenvalue weighted by Gasteiger charge is -2.31. The van der Waals surface area contributed by atoms with E-state index in [9.17, 15) is 5.11 Å². The van der Waals surface area contributed by atoms with Crippen LogP contribution in [-0.4, -0.2) is 17.2 Å². The lowest BCUT2D eigenvalue weighted by Crippen LogP contribution is -2.24. The molecule has 21 heavy (non-hydrogen) atoms. The molecule has 0 amide bonds. The smallest absolute Gasteiger partial charge is 0.123 e. The van der Waals surface area contributed by atoms with Crippen molar-refractivity contribution in [2.75, 3.05) is 7.11 Å². The van der Waals surface area contributed by atoms with Crippen LogP contribution < -0.4 is 4.74 Å². The average Bonchev–Trinajstić information content (AvgIpc) is 2.81. The fraction of sp³-hybridized carbons (Fsp3) is 0.471. The Kier molecular flexibility index (Phi) is 3.54. The van der Waals surface area contributed by atoms with Gasteiger partial charge in [-0.05, 0) is 48.9 Å². The topological polar surface area (TPSA) is 42.4 Å². The number of ether oxygens (including phenoxy) is 1. The van der Waals surface area contributed by atoms with E-state index in [4.69, 9.17) is 9.72 Å². The molecule has 1 aromatic heterocycles. The van der Waals surface area contributed by atoms with Crippen LogP contribution in [-0.2, 0) is 6.42 Å². The second kappa shape index (κ2) is 5.11. The van der Waals surface area contributed by atoms with Gasteiger partial charge >= 0.3 is 0 Å². The van der Waals surface area contributed by atoms with Gasteiger partial charge in [-0.2, -0.15) is 0 Å². The minimum atomic E-state index is -0.380. The standard InChI is InChI=1S/C17H21NO2S/c1-10-7-11(5-6-14(10)20-4)16-18-12-8-17(2,3)9-13(19)15(12)21-16/h5-7,13,19H,8-9H2,1-4H3. The van der Waals surface area contributed by atoms with E-state index < -0.39 is 0 Å². The molecule has 1 aromatic carbocycles. The quantitative estimate of drug-likeness (QED) is 0.907. The Morgan fingerprint density at radius 2 is 2.14 bits per heavy atom. The Morgan fingerprint density at radius 3 is 2.81 bits per heavy atom. The summed E-state index contributed by atoms with van der Waals surface area (Å²) in [5.74, 6) is 0.890. The van der Waals surface area contributed by atoms with Gasteiger partial charge < -0.3 is 9.84 Å². The number of fused-ring (bicyclic) bond motifs is 1. The predicted octanol–water partition coefficient (Wildman–Crippen LogP) is 4.13. The van der Waals surface area contributed by atoms with Crippen LogP contribution in [0.3, 0.4) is 0 Å². The van der Waals surface area contributed by atoms with E-state index in [0.29, 0.717) is 0 Å². The van der Waals surface area contributed by atoms with Crippen molar-refractivity contribution in [3.8, 4) is 16.3 Å². The van der Waals surface area contributed by atoms with Crippen LogP contribution in [0, 0.1) is 12.3 Å². The maximum atomic E-state index is 10.3. The molecule has 1 heterocycles. The van der Waals surface area contributed by atoms with Crippen LogP contribution >= 0.6 is 11.3 Å². The molecule has 1 atom stereocenters. The van der Waals surface area contributed by atoms with E-state index in [1.54, 1.807) is 18.4 Å². The molecule has 0 saturated heterocycles. The molecule has 2 aromatic rings. The number of hydrogen-bond donors (Lipinski definition) is 1. The van der Waals surface area contributed by atoms with Crippen molar-refractivity contribution >= 4 is 11.3 Å². The first-order valence-electron chi connectivity index (χ1n) is 7.22. The van der Waals surface area contributed by atoms with E-state index in [1.165, 1.54) is 0 Å². The Bertz CT molecular complexity index is 675. The number of methoxy groups -OCH3 is 1. The Labute approximate surface area is 129 Å². The highest BCUT2D eigenvalue weighted by atomic mass is 32.1. The highest BCUT2D eigenvalue weighted by Gasteiger charge is 2.34. The maximum absolute atomic E-state index is 10.3. The molecule has 1 aliphatic rings. The van der Waals surface area contributed by atoms with Crippen molar-refractivity contribution in [1.29, 1.82) is 0 Å². The zero-order chi connectivity index (χ0) is 15.2. The van der Waals surface area contributed by atoms with Gasteiger partial charge in [0.2, 0.25) is 0 Å². The first-order chi connectivity index (χ1) is 9.89. The first-order valence-corrected chi connectivity index (χ1v) is 8.04. The summed E-state index contributed by atoms with van der Waals surface area (Å²) < 4.78 is 5.30. The second-order valence-corrected chi connectivity index (χ2v) is 7.61. The normalized spacial score (nSPS) is 20.1. The third-order valence-electron chi connectivity index (χ3n) is 4.06. The Balaban J connectivity index is 2.00. The number of rotatable bonds is 2. The summed E-state index contributed by atoms with van der Waals surface area (Å²) in [6.45, 7) is 6.42. The van der Waals surface area contributed by atoms with Gasteiger partial charge in [-0.3, -0.25) is 0 Å². The summed E-state index contributed by atoms with van der Waals surface area (Å²) in [5, 5.41) is 11.3. The van der Waals surface area contributed by atoms with Gasteiger partial charge in [0.25, 0.3) is 0 Å². The molecule has 3 rings (SSSR count). The molecule has 0 radical (unpaired) electrons. The Morgan fingerprint density at radius 1 is 1.38 bits per heavy atom. The van der Waals surface area contributed by atoms with E-state index in [1.807, 2.05) is 19.1 Å². The molecule has 112 valence electrons. The highest BCUT2D eigenvalue weighted by molar-refractivity contribution is 7.15. The molecule has 0 aliphatic heterocycles. The van der Waals surface area contributed by atoms with E-state index in [-0.39, 0.29) is 11.5 Å². The fourth-order valence-electron chi connectivity index (χ4n) is 3.03. The van der Waals surface area contributed by atoms with Crippen LogP contribution in [0.25, 0.3) is 10.6 Å². The van der Waals surface area contributed by atoms with Crippen LogP contribution in [0.4, 0.5) is 0 Å². The molecule has 0 fully saturated rings. The number of aliphatic hydroxyl groups excluding tert-OH is 1. The molecule has 1 unspecified atom stereocenters. The molecule has 0 spiro atoms. The monoisotopic (exact) mass is 303 g/mol. The molecule has 1 aliphatic carbocycles. The second-order valence-electron chi connectivity index (χ2n) is 6.58. The maximum Gasteiger partial charge on any atom is 0.123 e. The molecule has 0 bridgehead atoms. The molecular formula is C17H21NO2S. The minimum absolute atomic E-state index is 0.119. The molecule has 0 saturated carbocycles. The lowest BCUT2D eigenvalue weighted by molar-refractivity contribution is 0.102. The molecule has 4 heteroatoms. The largest absolute Gasteiger partial charge is 0.496 e. The van der Waals surface area contributed by atoms with Gasteiger partial charge in [0.1, 0.15) is 10.8 Å². The van der Waals surface area contributed by atoms with Crippen molar-refractivity contribution in [1.82, 2.24) is 4.98 Å². The third-order valence-corrected chi connectivity index (χ3v) is 5.31. The van der Waals surface area contributed by atoms with Gasteiger partial charge in [0.05, 0.1) is 23.8 Å². The third kappa shape index (κ3) is 2.70. The van der Waals surface area contributed by atoms with Crippen molar-refractivity contribution < 1.29 is 9.84 Å². The molecular weight excluding hydrogens is 282 g/mol. The Hall–Kier alpha value is -1.39. The molecule has 1 N–H and O–H groups in total. The van der Waals surface area contributed by atoms with Gasteiger partial charge in [0, 0.05) is 5.56 Å². The van der Waals surface area contributed by atoms with Gasteiger partial charge in [-0.1, -0.05) is 13.8 Å². The van der Waals surface area contributed by atoms with Crippen molar-refractivity contribution in [2.45, 2.75) is 39.7 Å². The van der Waals surface area contributed by atoms with Gasteiger partial charge in [-0.15, -0.1) is 11.3 Å². The summed E-state index contributed by atoms with van der Waals surface area (Å²) in [6, 6.07) is 6.11. The van der Waals surface area contributed by atoms with Crippen LogP contribution in [0.5, 0.6) is 5.75 Å². The lowest BCUT2D eigenvalue weighted by atomic mass is 9.77. The fourth-order valence-corrected chi connectivity index (χ4v) is 4.09. The number of aliphatic hydroxyl groups is 1. The van der Waals surface area contributed by atoms with E-state index >= 15 is 0 Å². The van der Waals surface area contributed by atoms with Gasteiger partial charge in [0.15, 0.2) is 0 Å². The zero-order valence-electron chi connectivity index (χ0n) is 12.9. The number of aromatic nitrogens is 1. The van der Waals surface area contributed by atoms with Crippen LogP contribution in [0.2, 0.25) is 0 Å². The summed E-state index contributed by atoms with van der Waals surface area (Å²) >= 11 is 1.62.